The first kappa shape index (κ1) is 18.0. The lowest BCUT2D eigenvalue weighted by atomic mass is 10.3. The van der Waals surface area contributed by atoms with Gasteiger partial charge in [0, 0.05) is 17.6 Å². The topological polar surface area (TPSA) is 55.2 Å². The van der Waals surface area contributed by atoms with Gasteiger partial charge >= 0.3 is 0 Å². The molecule has 0 amide bonds. The minimum atomic E-state index is -3.91. The summed E-state index contributed by atoms with van der Waals surface area (Å²) >= 11 is 15.7. The van der Waals surface area contributed by atoms with Crippen LogP contribution in [0.25, 0.3) is 0 Å². The summed E-state index contributed by atoms with van der Waals surface area (Å²) in [5.74, 6) is 0. The van der Waals surface area contributed by atoms with Gasteiger partial charge in [-0.2, -0.15) is 5.10 Å². The minimum Gasteiger partial charge on any atom is -0.270 e. The highest BCUT2D eigenvalue weighted by atomic mass is 79.9. The quantitative estimate of drug-likeness (QED) is 0.687. The van der Waals surface area contributed by atoms with Crippen LogP contribution in [0.2, 0.25) is 10.0 Å². The lowest BCUT2D eigenvalue weighted by molar-refractivity contribution is 0.590. The number of hydrogen-bond acceptors (Lipinski definition) is 3. The number of sulfonamides is 1. The van der Waals surface area contributed by atoms with Gasteiger partial charge in [-0.05, 0) is 38.8 Å². The summed E-state index contributed by atoms with van der Waals surface area (Å²) in [7, 11) is -2.11. The second-order valence-corrected chi connectivity index (χ2v) is 9.36. The number of hydrogen-bond donors (Lipinski definition) is 0. The fourth-order valence-corrected chi connectivity index (χ4v) is 6.47. The molecule has 0 N–H and O–H groups in total. The molecule has 0 aliphatic heterocycles. The Labute approximate surface area is 159 Å². The molecule has 5 nitrogen and oxygen atoms in total. The summed E-state index contributed by atoms with van der Waals surface area (Å²) in [5, 5.41) is 4.54. The molecule has 1 aliphatic carbocycles. The van der Waals surface area contributed by atoms with E-state index in [4.69, 9.17) is 23.2 Å². The van der Waals surface area contributed by atoms with E-state index in [1.165, 1.54) is 16.4 Å². The van der Waals surface area contributed by atoms with Crippen LogP contribution in [-0.2, 0) is 17.1 Å². The molecule has 1 aromatic heterocycles. The van der Waals surface area contributed by atoms with Gasteiger partial charge in [-0.25, -0.2) is 8.42 Å². The van der Waals surface area contributed by atoms with Crippen molar-refractivity contribution in [3.05, 3.63) is 38.0 Å². The highest BCUT2D eigenvalue weighted by Gasteiger charge is 2.42. The van der Waals surface area contributed by atoms with Crippen LogP contribution in [0.15, 0.2) is 21.5 Å². The van der Waals surface area contributed by atoms with Crippen molar-refractivity contribution in [1.82, 2.24) is 9.78 Å². The zero-order valence-electron chi connectivity index (χ0n) is 13.3. The summed E-state index contributed by atoms with van der Waals surface area (Å²) in [6, 6.07) is 2.98. The van der Waals surface area contributed by atoms with Crippen LogP contribution in [0.3, 0.4) is 0 Å². The average Bonchev–Trinajstić information content (AvgIpc) is 3.21. The summed E-state index contributed by atoms with van der Waals surface area (Å²) in [4.78, 5) is -0.0661. The zero-order chi connectivity index (χ0) is 17.8. The number of nitrogens with zero attached hydrogens (tertiary/aromatic N) is 3. The molecule has 0 spiro atoms. The molecule has 1 aromatic carbocycles. The fraction of sp³-hybridized carbons (Fsp3) is 0.400. The van der Waals surface area contributed by atoms with E-state index >= 15 is 0 Å². The molecule has 1 aliphatic rings. The second kappa shape index (κ2) is 6.20. The predicted molar refractivity (Wildman–Crippen MR) is 99.5 cm³/mol. The Bertz CT molecular complexity index is 900. The number of halogens is 3. The zero-order valence-corrected chi connectivity index (χ0v) is 17.3. The molecule has 130 valence electrons. The van der Waals surface area contributed by atoms with Gasteiger partial charge in [0.2, 0.25) is 0 Å². The van der Waals surface area contributed by atoms with Gasteiger partial charge in [-0.3, -0.25) is 8.99 Å². The Kier molecular flexibility index (Phi) is 4.66. The van der Waals surface area contributed by atoms with Gasteiger partial charge in [0.25, 0.3) is 10.0 Å². The van der Waals surface area contributed by atoms with E-state index in [1.807, 2.05) is 6.92 Å². The maximum atomic E-state index is 13.4. The summed E-state index contributed by atoms with van der Waals surface area (Å²) in [6.07, 6.45) is 1.61. The Balaban J connectivity index is 2.23. The van der Waals surface area contributed by atoms with Crippen LogP contribution in [0.4, 0.5) is 5.69 Å². The Morgan fingerprint density at radius 2 is 1.79 bits per heavy atom. The highest BCUT2D eigenvalue weighted by molar-refractivity contribution is 9.10. The second-order valence-electron chi connectivity index (χ2n) is 5.87. The normalized spacial score (nSPS) is 14.9. The van der Waals surface area contributed by atoms with Crippen molar-refractivity contribution in [1.29, 1.82) is 0 Å². The molecule has 0 radical (unpaired) electrons. The molecule has 0 unspecified atom stereocenters. The maximum absolute atomic E-state index is 13.4. The molecule has 9 heteroatoms. The molecular formula is C15H16BrCl2N3O2S. The Morgan fingerprint density at radius 1 is 1.25 bits per heavy atom. The van der Waals surface area contributed by atoms with Crippen LogP contribution in [0, 0.1) is 13.8 Å². The number of benzene rings is 1. The van der Waals surface area contributed by atoms with Crippen molar-refractivity contribution in [3.63, 3.8) is 0 Å². The highest BCUT2D eigenvalue weighted by Crippen LogP contribution is 2.43. The standard InChI is InChI=1S/C15H16BrCl2N3O2S/c1-8-14(9(2)20(3)19-8)21(11-4-5-11)24(22,23)15-12(17)6-10(16)7-13(15)18/h6-7,11H,4-5H2,1-3H3. The van der Waals surface area contributed by atoms with E-state index in [0.717, 1.165) is 18.5 Å². The van der Waals surface area contributed by atoms with Gasteiger partial charge in [-0.1, -0.05) is 39.1 Å². The van der Waals surface area contributed by atoms with Gasteiger partial charge in [-0.15, -0.1) is 0 Å². The molecule has 24 heavy (non-hydrogen) atoms. The smallest absolute Gasteiger partial charge is 0.267 e. The van der Waals surface area contributed by atoms with Crippen molar-refractivity contribution in [3.8, 4) is 0 Å². The van der Waals surface area contributed by atoms with Crippen molar-refractivity contribution in [2.75, 3.05) is 4.31 Å². The van der Waals surface area contributed by atoms with E-state index in [9.17, 15) is 8.42 Å². The van der Waals surface area contributed by atoms with Crippen molar-refractivity contribution >= 4 is 54.8 Å². The van der Waals surface area contributed by atoms with Gasteiger partial charge < -0.3 is 0 Å². The van der Waals surface area contributed by atoms with Crippen molar-refractivity contribution < 1.29 is 8.42 Å². The number of rotatable bonds is 4. The van der Waals surface area contributed by atoms with Gasteiger partial charge in [0.15, 0.2) is 0 Å². The monoisotopic (exact) mass is 451 g/mol. The first-order chi connectivity index (χ1) is 11.1. The molecule has 1 saturated carbocycles. The summed E-state index contributed by atoms with van der Waals surface area (Å²) in [6.45, 7) is 3.66. The van der Waals surface area contributed by atoms with Crippen LogP contribution in [0.1, 0.15) is 24.2 Å². The number of aryl methyl sites for hydroxylation is 2. The van der Waals surface area contributed by atoms with Gasteiger partial charge in [0.1, 0.15) is 4.90 Å². The van der Waals surface area contributed by atoms with E-state index in [0.29, 0.717) is 15.9 Å². The predicted octanol–water partition coefficient (Wildman–Crippen LogP) is 4.46. The molecular weight excluding hydrogens is 437 g/mol. The molecule has 0 saturated heterocycles. The van der Waals surface area contributed by atoms with E-state index in [2.05, 4.69) is 21.0 Å². The third-order valence-electron chi connectivity index (χ3n) is 4.05. The first-order valence-electron chi connectivity index (χ1n) is 7.33. The maximum Gasteiger partial charge on any atom is 0.267 e. The SMILES string of the molecule is Cc1nn(C)c(C)c1N(C1CC1)S(=O)(=O)c1c(Cl)cc(Br)cc1Cl. The average molecular weight is 453 g/mol. The van der Waals surface area contributed by atoms with E-state index in [-0.39, 0.29) is 21.0 Å². The lowest BCUT2D eigenvalue weighted by Crippen LogP contribution is -2.34. The van der Waals surface area contributed by atoms with E-state index < -0.39 is 10.0 Å². The minimum absolute atomic E-state index is 0.0661. The van der Waals surface area contributed by atoms with Crippen LogP contribution >= 0.6 is 39.1 Å². The Hall–Kier alpha value is -0.760. The van der Waals surface area contributed by atoms with E-state index in [1.54, 1.807) is 18.7 Å². The number of aromatic nitrogens is 2. The van der Waals surface area contributed by atoms with Crippen LogP contribution < -0.4 is 4.31 Å². The van der Waals surface area contributed by atoms with Crippen molar-refractivity contribution in [2.24, 2.45) is 7.05 Å². The first-order valence-corrected chi connectivity index (χ1v) is 10.3. The van der Waals surface area contributed by atoms with Crippen LogP contribution in [-0.4, -0.2) is 24.2 Å². The summed E-state index contributed by atoms with van der Waals surface area (Å²) in [5.41, 5.74) is 2.05. The molecule has 1 fully saturated rings. The molecule has 2 aromatic rings. The fourth-order valence-electron chi connectivity index (χ4n) is 2.76. The molecule has 3 rings (SSSR count). The molecule has 0 atom stereocenters. The Morgan fingerprint density at radius 3 is 2.21 bits per heavy atom. The lowest BCUT2D eigenvalue weighted by Gasteiger charge is -2.25. The largest absolute Gasteiger partial charge is 0.270 e. The number of anilines is 1. The summed E-state index contributed by atoms with van der Waals surface area (Å²) < 4.78 is 30.5. The van der Waals surface area contributed by atoms with Crippen LogP contribution in [0.5, 0.6) is 0 Å². The third kappa shape index (κ3) is 2.96. The third-order valence-corrected chi connectivity index (χ3v) is 7.28. The van der Waals surface area contributed by atoms with Crippen molar-refractivity contribution in [2.45, 2.75) is 37.6 Å². The van der Waals surface area contributed by atoms with Gasteiger partial charge in [0.05, 0.1) is 27.1 Å². The molecule has 0 bridgehead atoms. The molecule has 1 heterocycles.